The van der Waals surface area contributed by atoms with Gasteiger partial charge in [0.15, 0.2) is 0 Å². The van der Waals surface area contributed by atoms with Crippen molar-refractivity contribution in [3.05, 3.63) is 33.6 Å². The Morgan fingerprint density at radius 3 is 2.65 bits per heavy atom. The zero-order chi connectivity index (χ0) is 12.4. The van der Waals surface area contributed by atoms with Crippen molar-refractivity contribution >= 4 is 49.0 Å². The van der Waals surface area contributed by atoms with E-state index in [2.05, 4.69) is 53.4 Å². The lowest BCUT2D eigenvalue weighted by atomic mass is 9.94. The van der Waals surface area contributed by atoms with Gasteiger partial charge in [0.25, 0.3) is 0 Å². The van der Waals surface area contributed by atoms with Crippen LogP contribution in [0, 0.1) is 5.92 Å². The minimum atomic E-state index is 0.132. The number of hydrogen-bond donors (Lipinski definition) is 0. The van der Waals surface area contributed by atoms with E-state index in [0.717, 1.165) is 12.8 Å². The predicted molar refractivity (Wildman–Crippen MR) is 82.2 cm³/mol. The summed E-state index contributed by atoms with van der Waals surface area (Å²) in [6, 6.07) is 6.34. The van der Waals surface area contributed by atoms with Gasteiger partial charge in [0.2, 0.25) is 0 Å². The first kappa shape index (κ1) is 13.4. The van der Waals surface area contributed by atoms with Crippen LogP contribution in [0.5, 0.6) is 0 Å². The molecule has 0 fully saturated rings. The summed E-state index contributed by atoms with van der Waals surface area (Å²) in [6.45, 7) is 4.43. The van der Waals surface area contributed by atoms with Crippen LogP contribution < -0.4 is 0 Å². The Hall–Kier alpha value is -0.0500. The Kier molecular flexibility index (Phi) is 4.51. The van der Waals surface area contributed by atoms with Gasteiger partial charge in [-0.25, -0.2) is 0 Å². The molecule has 1 atom stereocenters. The number of halogens is 2. The fourth-order valence-electron chi connectivity index (χ4n) is 2.21. The van der Waals surface area contributed by atoms with Crippen molar-refractivity contribution in [1.29, 1.82) is 0 Å². The first-order valence-electron chi connectivity index (χ1n) is 5.98. The van der Waals surface area contributed by atoms with Crippen molar-refractivity contribution in [2.75, 3.05) is 0 Å². The normalized spacial score (nSPS) is 13.5. The highest BCUT2D eigenvalue weighted by atomic mass is 79.9. The predicted octanol–water partition coefficient (Wildman–Crippen LogP) is 6.38. The van der Waals surface area contributed by atoms with E-state index < -0.39 is 0 Å². The molecule has 2 aromatic rings. The van der Waals surface area contributed by atoms with E-state index in [9.17, 15) is 0 Å². The molecule has 1 aromatic carbocycles. The quantitative estimate of drug-likeness (QED) is 0.570. The molecular weight excluding hydrogens is 316 g/mol. The zero-order valence-electron chi connectivity index (χ0n) is 10.0. The molecule has 0 nitrogen and oxygen atoms in total. The lowest BCUT2D eigenvalue weighted by Crippen LogP contribution is -2.05. The van der Waals surface area contributed by atoms with Gasteiger partial charge in [0.05, 0.1) is 5.38 Å². The summed E-state index contributed by atoms with van der Waals surface area (Å²) in [5.74, 6) is 0.563. The van der Waals surface area contributed by atoms with E-state index in [1.807, 2.05) is 0 Å². The van der Waals surface area contributed by atoms with E-state index in [1.165, 1.54) is 20.1 Å². The highest BCUT2D eigenvalue weighted by molar-refractivity contribution is 9.10. The second-order valence-electron chi connectivity index (χ2n) is 4.29. The van der Waals surface area contributed by atoms with Gasteiger partial charge in [-0.05, 0) is 44.2 Å². The molecule has 0 aliphatic carbocycles. The molecule has 0 N–H and O–H groups in total. The summed E-state index contributed by atoms with van der Waals surface area (Å²) in [4.78, 5) is 0. The van der Waals surface area contributed by atoms with Crippen LogP contribution in [0.3, 0.4) is 0 Å². The number of benzene rings is 1. The number of alkyl halides is 1. The van der Waals surface area contributed by atoms with Gasteiger partial charge in [0.1, 0.15) is 0 Å². The van der Waals surface area contributed by atoms with Crippen molar-refractivity contribution in [2.45, 2.75) is 32.1 Å². The summed E-state index contributed by atoms with van der Waals surface area (Å²) in [5, 5.41) is 3.65. The third-order valence-electron chi connectivity index (χ3n) is 3.34. The lowest BCUT2D eigenvalue weighted by molar-refractivity contribution is 0.478. The number of thiophene rings is 1. The number of fused-ring (bicyclic) bond motifs is 1. The van der Waals surface area contributed by atoms with Crippen LogP contribution in [0.2, 0.25) is 0 Å². The van der Waals surface area contributed by atoms with Crippen LogP contribution in [0.15, 0.2) is 28.1 Å². The second-order valence-corrected chi connectivity index (χ2v) is 6.49. The van der Waals surface area contributed by atoms with Gasteiger partial charge in [-0.1, -0.05) is 38.8 Å². The molecule has 0 aliphatic heterocycles. The maximum Gasteiger partial charge on any atom is 0.0627 e. The first-order valence-corrected chi connectivity index (χ1v) is 8.09. The average Bonchev–Trinajstić information content (AvgIpc) is 2.75. The van der Waals surface area contributed by atoms with E-state index in [4.69, 9.17) is 11.6 Å². The molecule has 0 radical (unpaired) electrons. The van der Waals surface area contributed by atoms with Gasteiger partial charge in [-0.3, -0.25) is 0 Å². The summed E-state index contributed by atoms with van der Waals surface area (Å²) in [7, 11) is 0. The maximum absolute atomic E-state index is 6.64. The van der Waals surface area contributed by atoms with Crippen molar-refractivity contribution in [3.63, 3.8) is 0 Å². The van der Waals surface area contributed by atoms with E-state index in [-0.39, 0.29) is 5.38 Å². The minimum absolute atomic E-state index is 0.132. The summed E-state index contributed by atoms with van der Waals surface area (Å²) in [5.41, 5.74) is 1.29. The molecule has 0 bridgehead atoms. The van der Waals surface area contributed by atoms with Crippen molar-refractivity contribution in [1.82, 2.24) is 0 Å². The first-order chi connectivity index (χ1) is 8.19. The average molecular weight is 332 g/mol. The lowest BCUT2D eigenvalue weighted by Gasteiger charge is -2.18. The zero-order valence-corrected chi connectivity index (χ0v) is 13.2. The molecule has 0 amide bonds. The third-order valence-corrected chi connectivity index (χ3v) is 5.90. The Balaban J connectivity index is 2.45. The fraction of sp³-hybridized carbons (Fsp3) is 0.429. The van der Waals surface area contributed by atoms with Crippen molar-refractivity contribution in [2.24, 2.45) is 5.92 Å². The highest BCUT2D eigenvalue weighted by Crippen LogP contribution is 2.41. The molecule has 92 valence electrons. The Morgan fingerprint density at radius 2 is 2.00 bits per heavy atom. The molecule has 0 saturated heterocycles. The summed E-state index contributed by atoms with van der Waals surface area (Å²) < 4.78 is 2.47. The fourth-order valence-corrected chi connectivity index (χ4v) is 4.48. The maximum atomic E-state index is 6.64. The Labute approximate surface area is 120 Å². The molecular formula is C14H16BrClS. The minimum Gasteiger partial charge on any atom is -0.142 e. The smallest absolute Gasteiger partial charge is 0.0627 e. The molecule has 1 unspecified atom stereocenters. The Bertz CT molecular complexity index is 502. The molecule has 2 rings (SSSR count). The largest absolute Gasteiger partial charge is 0.142 e. The van der Waals surface area contributed by atoms with E-state index in [0.29, 0.717) is 5.92 Å². The standard InChI is InChI=1S/C14H16BrClS/c1-3-9(4-2)13(16)11-8-17-14-10(11)6-5-7-12(14)15/h5-9,13H,3-4H2,1-2H3. The molecule has 1 aromatic heterocycles. The van der Waals surface area contributed by atoms with Crippen LogP contribution in [-0.4, -0.2) is 0 Å². The van der Waals surface area contributed by atoms with Gasteiger partial charge in [0, 0.05) is 9.17 Å². The topological polar surface area (TPSA) is 0 Å². The Morgan fingerprint density at radius 1 is 1.29 bits per heavy atom. The summed E-state index contributed by atoms with van der Waals surface area (Å²) in [6.07, 6.45) is 2.27. The van der Waals surface area contributed by atoms with Crippen LogP contribution >= 0.6 is 38.9 Å². The van der Waals surface area contributed by atoms with Gasteiger partial charge >= 0.3 is 0 Å². The van der Waals surface area contributed by atoms with Gasteiger partial charge in [-0.15, -0.1) is 22.9 Å². The third kappa shape index (κ3) is 2.54. The SMILES string of the molecule is CCC(CC)C(Cl)c1csc2c(Br)cccc12. The van der Waals surface area contributed by atoms with Gasteiger partial charge < -0.3 is 0 Å². The van der Waals surface area contributed by atoms with Crippen molar-refractivity contribution < 1.29 is 0 Å². The molecule has 17 heavy (non-hydrogen) atoms. The van der Waals surface area contributed by atoms with Crippen molar-refractivity contribution in [3.8, 4) is 0 Å². The van der Waals surface area contributed by atoms with Crippen LogP contribution in [0.4, 0.5) is 0 Å². The number of hydrogen-bond acceptors (Lipinski definition) is 1. The van der Waals surface area contributed by atoms with Crippen LogP contribution in [0.1, 0.15) is 37.6 Å². The molecule has 0 aliphatic rings. The van der Waals surface area contributed by atoms with E-state index >= 15 is 0 Å². The molecule has 0 saturated carbocycles. The molecule has 3 heteroatoms. The van der Waals surface area contributed by atoms with Crippen LogP contribution in [0.25, 0.3) is 10.1 Å². The molecule has 1 heterocycles. The second kappa shape index (κ2) is 5.73. The van der Waals surface area contributed by atoms with Gasteiger partial charge in [-0.2, -0.15) is 0 Å². The summed E-state index contributed by atoms with van der Waals surface area (Å²) >= 11 is 12.0. The number of rotatable bonds is 4. The molecule has 0 spiro atoms. The monoisotopic (exact) mass is 330 g/mol. The highest BCUT2D eigenvalue weighted by Gasteiger charge is 2.21. The van der Waals surface area contributed by atoms with E-state index in [1.54, 1.807) is 11.3 Å². The van der Waals surface area contributed by atoms with Crippen LogP contribution in [-0.2, 0) is 0 Å².